The van der Waals surface area contributed by atoms with Crippen LogP contribution in [0, 0.1) is 17.6 Å². The van der Waals surface area contributed by atoms with E-state index >= 15 is 0 Å². The Balaban J connectivity index is 1.35. The van der Waals surface area contributed by atoms with Gasteiger partial charge in [-0.25, -0.2) is 8.78 Å². The number of aromatic nitrogens is 1. The van der Waals surface area contributed by atoms with Crippen molar-refractivity contribution in [1.82, 2.24) is 10.5 Å². The molecular weight excluding hydrogens is 400 g/mol. The summed E-state index contributed by atoms with van der Waals surface area (Å²) in [5.74, 6) is -0.390. The van der Waals surface area contributed by atoms with Gasteiger partial charge in [-0.3, -0.25) is 4.79 Å². The zero-order valence-electron chi connectivity index (χ0n) is 17.2. The van der Waals surface area contributed by atoms with Crippen molar-refractivity contribution in [3.05, 3.63) is 59.3 Å². The number of anilines is 1. The Labute approximate surface area is 179 Å². The van der Waals surface area contributed by atoms with Crippen LogP contribution in [0.3, 0.4) is 0 Å². The molecule has 3 heterocycles. The lowest BCUT2D eigenvalue weighted by Gasteiger charge is -2.34. The highest BCUT2D eigenvalue weighted by molar-refractivity contribution is 6.03. The van der Waals surface area contributed by atoms with Gasteiger partial charge in [0.2, 0.25) is 0 Å². The van der Waals surface area contributed by atoms with E-state index in [4.69, 9.17) is 4.52 Å². The van der Waals surface area contributed by atoms with Crippen LogP contribution in [0.5, 0.6) is 0 Å². The van der Waals surface area contributed by atoms with E-state index in [9.17, 15) is 13.6 Å². The average molecular weight is 425 g/mol. The molecule has 2 saturated heterocycles. The second-order valence-corrected chi connectivity index (χ2v) is 8.52. The number of benzene rings is 2. The van der Waals surface area contributed by atoms with Gasteiger partial charge in [0.15, 0.2) is 11.4 Å². The van der Waals surface area contributed by atoms with Crippen molar-refractivity contribution in [2.45, 2.75) is 31.6 Å². The van der Waals surface area contributed by atoms with Gasteiger partial charge in [-0.2, -0.15) is 0 Å². The highest BCUT2D eigenvalue weighted by Gasteiger charge is 2.29. The molecule has 2 fully saturated rings. The first kappa shape index (κ1) is 20.1. The van der Waals surface area contributed by atoms with Crippen LogP contribution in [0.15, 0.2) is 40.9 Å². The van der Waals surface area contributed by atoms with Crippen LogP contribution in [0.2, 0.25) is 0 Å². The zero-order chi connectivity index (χ0) is 21.4. The number of Topliss-reactive ketones (excluding diaryl/α,β-unsaturated/α-hetero) is 1. The topological polar surface area (TPSA) is 58.4 Å². The monoisotopic (exact) mass is 425 g/mol. The lowest BCUT2D eigenvalue weighted by atomic mass is 9.87. The summed E-state index contributed by atoms with van der Waals surface area (Å²) in [6.07, 6.45) is 3.24. The Kier molecular flexibility index (Phi) is 5.44. The van der Waals surface area contributed by atoms with Crippen molar-refractivity contribution >= 4 is 22.4 Å². The fourth-order valence-corrected chi connectivity index (χ4v) is 4.90. The quantitative estimate of drug-likeness (QED) is 0.616. The number of hydrogen-bond acceptors (Lipinski definition) is 5. The summed E-state index contributed by atoms with van der Waals surface area (Å²) >= 11 is 0. The van der Waals surface area contributed by atoms with Crippen LogP contribution in [0.25, 0.3) is 11.0 Å². The summed E-state index contributed by atoms with van der Waals surface area (Å²) in [6, 6.07) is 9.00. The molecular formula is C24H25F2N3O2. The van der Waals surface area contributed by atoms with Gasteiger partial charge in [0.25, 0.3) is 0 Å². The van der Waals surface area contributed by atoms with E-state index in [0.717, 1.165) is 49.9 Å². The Morgan fingerprint density at radius 2 is 1.71 bits per heavy atom. The van der Waals surface area contributed by atoms with E-state index in [2.05, 4.69) is 15.4 Å². The number of carbonyl (C=O) groups is 1. The molecule has 1 N–H and O–H groups in total. The molecule has 2 aliphatic rings. The Morgan fingerprint density at radius 3 is 2.48 bits per heavy atom. The zero-order valence-corrected chi connectivity index (χ0v) is 17.2. The molecule has 162 valence electrons. The third kappa shape index (κ3) is 3.94. The van der Waals surface area contributed by atoms with Gasteiger partial charge < -0.3 is 14.7 Å². The second kappa shape index (κ2) is 8.38. The molecule has 0 amide bonds. The summed E-state index contributed by atoms with van der Waals surface area (Å²) in [7, 11) is 0. The molecule has 0 spiro atoms. The van der Waals surface area contributed by atoms with Crippen molar-refractivity contribution in [2.75, 3.05) is 31.1 Å². The number of piperidine rings is 2. The first-order valence-electron chi connectivity index (χ1n) is 10.9. The van der Waals surface area contributed by atoms with Crippen LogP contribution < -0.4 is 10.2 Å². The van der Waals surface area contributed by atoms with Crippen molar-refractivity contribution in [2.24, 2.45) is 5.92 Å². The van der Waals surface area contributed by atoms with Crippen LogP contribution in [-0.4, -0.2) is 37.1 Å². The van der Waals surface area contributed by atoms with Crippen molar-refractivity contribution in [1.29, 1.82) is 0 Å². The number of fused-ring (bicyclic) bond motifs is 1. The minimum absolute atomic E-state index is 0.00936. The van der Waals surface area contributed by atoms with Gasteiger partial charge >= 0.3 is 0 Å². The summed E-state index contributed by atoms with van der Waals surface area (Å²) in [5, 5.41) is 8.32. The molecule has 3 aromatic rings. The van der Waals surface area contributed by atoms with Crippen LogP contribution in [-0.2, 0) is 0 Å². The summed E-state index contributed by atoms with van der Waals surface area (Å²) < 4.78 is 32.9. The molecule has 0 bridgehead atoms. The highest BCUT2D eigenvalue weighted by Crippen LogP contribution is 2.36. The standard InChI is InChI=1S/C24H25F2N3O2/c25-17-1-3-19(24(30)16-5-9-27-10-6-16)21(13-17)29-11-7-15(8-12-29)23-20-4-2-18(26)14-22(20)31-28-23/h1-4,13-16,27H,5-12H2. The molecule has 1 aromatic heterocycles. The number of nitrogens with one attached hydrogen (secondary N) is 1. The molecule has 5 rings (SSSR count). The van der Waals surface area contributed by atoms with Gasteiger partial charge in [0, 0.05) is 41.9 Å². The molecule has 2 aromatic carbocycles. The van der Waals surface area contributed by atoms with Crippen molar-refractivity contribution in [3.8, 4) is 0 Å². The maximum atomic E-state index is 14.1. The fourth-order valence-electron chi connectivity index (χ4n) is 4.90. The third-order valence-electron chi connectivity index (χ3n) is 6.62. The van der Waals surface area contributed by atoms with Crippen molar-refractivity contribution in [3.63, 3.8) is 0 Å². The maximum absolute atomic E-state index is 14.1. The molecule has 0 atom stereocenters. The number of halogens is 2. The summed E-state index contributed by atoms with van der Waals surface area (Å²) in [6.45, 7) is 3.06. The minimum Gasteiger partial charge on any atom is -0.371 e. The van der Waals surface area contributed by atoms with Gasteiger partial charge in [-0.1, -0.05) is 5.16 Å². The normalized spacial score (nSPS) is 18.6. The van der Waals surface area contributed by atoms with Crippen LogP contribution >= 0.6 is 0 Å². The number of nitrogens with zero attached hydrogens (tertiary/aromatic N) is 2. The van der Waals surface area contributed by atoms with Crippen molar-refractivity contribution < 1.29 is 18.1 Å². The van der Waals surface area contributed by atoms with Gasteiger partial charge in [-0.05, 0) is 69.1 Å². The largest absolute Gasteiger partial charge is 0.371 e. The first-order valence-corrected chi connectivity index (χ1v) is 10.9. The van der Waals surface area contributed by atoms with Crippen LogP contribution in [0.4, 0.5) is 14.5 Å². The predicted molar refractivity (Wildman–Crippen MR) is 114 cm³/mol. The lowest BCUT2D eigenvalue weighted by molar-refractivity contribution is 0.0895. The molecule has 0 radical (unpaired) electrons. The molecule has 0 aliphatic carbocycles. The molecule has 2 aliphatic heterocycles. The number of hydrogen-bond donors (Lipinski definition) is 1. The first-order chi connectivity index (χ1) is 15.1. The van der Waals surface area contributed by atoms with E-state index in [1.165, 1.54) is 24.3 Å². The van der Waals surface area contributed by atoms with E-state index < -0.39 is 0 Å². The number of rotatable bonds is 4. The maximum Gasteiger partial charge on any atom is 0.170 e. The van der Waals surface area contributed by atoms with E-state index in [1.54, 1.807) is 12.1 Å². The SMILES string of the molecule is O=C(c1ccc(F)cc1N1CCC(c2noc3cc(F)ccc23)CC1)C1CCNCC1. The second-order valence-electron chi connectivity index (χ2n) is 8.52. The fraction of sp³-hybridized carbons (Fsp3) is 0.417. The molecule has 5 nitrogen and oxygen atoms in total. The van der Waals surface area contributed by atoms with E-state index in [0.29, 0.717) is 29.9 Å². The minimum atomic E-state index is -0.345. The number of ketones is 1. The van der Waals surface area contributed by atoms with Gasteiger partial charge in [-0.15, -0.1) is 0 Å². The van der Waals surface area contributed by atoms with Gasteiger partial charge in [0.05, 0.1) is 11.4 Å². The Hall–Kier alpha value is -2.80. The predicted octanol–water partition coefficient (Wildman–Crippen LogP) is 4.67. The Morgan fingerprint density at radius 1 is 1.00 bits per heavy atom. The van der Waals surface area contributed by atoms with E-state index in [1.807, 2.05) is 0 Å². The summed E-state index contributed by atoms with van der Waals surface area (Å²) in [5.41, 5.74) is 2.61. The summed E-state index contributed by atoms with van der Waals surface area (Å²) in [4.78, 5) is 15.3. The highest BCUT2D eigenvalue weighted by atomic mass is 19.1. The smallest absolute Gasteiger partial charge is 0.170 e. The number of carbonyl (C=O) groups excluding carboxylic acids is 1. The Bertz CT molecular complexity index is 1100. The lowest BCUT2D eigenvalue weighted by Crippen LogP contribution is -2.36. The van der Waals surface area contributed by atoms with E-state index in [-0.39, 0.29) is 29.3 Å². The molecule has 0 saturated carbocycles. The van der Waals surface area contributed by atoms with Gasteiger partial charge in [0.1, 0.15) is 11.6 Å². The average Bonchev–Trinajstić information content (AvgIpc) is 3.22. The molecule has 31 heavy (non-hydrogen) atoms. The third-order valence-corrected chi connectivity index (χ3v) is 6.62. The molecule has 0 unspecified atom stereocenters. The van der Waals surface area contributed by atoms with Crippen LogP contribution in [0.1, 0.15) is 47.7 Å². The molecule has 7 heteroatoms.